The number of aromatic nitrogens is 1. The molecule has 4 rings (SSSR count). The lowest BCUT2D eigenvalue weighted by Gasteiger charge is -2.16. The average molecular weight is 391 g/mol. The van der Waals surface area contributed by atoms with Crippen LogP contribution in [0, 0.1) is 19.8 Å². The van der Waals surface area contributed by atoms with E-state index in [4.69, 9.17) is 0 Å². The van der Waals surface area contributed by atoms with Crippen LogP contribution in [-0.4, -0.2) is 23.3 Å². The monoisotopic (exact) mass is 391 g/mol. The van der Waals surface area contributed by atoms with E-state index < -0.39 is 0 Å². The summed E-state index contributed by atoms with van der Waals surface area (Å²) in [5, 5.41) is 3.48. The molecule has 1 saturated heterocycles. The number of amides is 2. The zero-order chi connectivity index (χ0) is 19.7. The van der Waals surface area contributed by atoms with Crippen LogP contribution >= 0.6 is 11.3 Å². The molecule has 0 saturated carbocycles. The van der Waals surface area contributed by atoms with E-state index in [0.29, 0.717) is 11.7 Å². The minimum absolute atomic E-state index is 0.0238. The minimum atomic E-state index is -0.377. The van der Waals surface area contributed by atoms with E-state index in [0.717, 1.165) is 27.4 Å². The first-order valence-corrected chi connectivity index (χ1v) is 10.0. The number of rotatable bonds is 4. The largest absolute Gasteiger partial charge is 0.312 e. The number of nitrogens with one attached hydrogen (secondary N) is 1. The van der Waals surface area contributed by atoms with Crippen molar-refractivity contribution in [3.05, 3.63) is 65.0 Å². The van der Waals surface area contributed by atoms with Gasteiger partial charge >= 0.3 is 0 Å². The predicted molar refractivity (Wildman–Crippen MR) is 113 cm³/mol. The molecule has 6 heteroatoms. The summed E-state index contributed by atoms with van der Waals surface area (Å²) < 4.78 is 0. The molecule has 1 aromatic heterocycles. The highest BCUT2D eigenvalue weighted by Gasteiger charge is 2.35. The summed E-state index contributed by atoms with van der Waals surface area (Å²) in [6.45, 7) is 4.39. The van der Waals surface area contributed by atoms with Crippen molar-refractivity contribution in [1.82, 2.24) is 4.98 Å². The van der Waals surface area contributed by atoms with Gasteiger partial charge in [0.1, 0.15) is 0 Å². The van der Waals surface area contributed by atoms with Gasteiger partial charge in [-0.1, -0.05) is 48.0 Å². The number of hydrogen-bond donors (Lipinski definition) is 1. The molecule has 1 atom stereocenters. The molecule has 0 unspecified atom stereocenters. The van der Waals surface area contributed by atoms with Gasteiger partial charge in [-0.3, -0.25) is 9.59 Å². The minimum Gasteiger partial charge on any atom is -0.312 e. The van der Waals surface area contributed by atoms with Crippen molar-refractivity contribution < 1.29 is 9.59 Å². The second-order valence-electron chi connectivity index (χ2n) is 7.02. The average Bonchev–Trinajstić information content (AvgIpc) is 3.26. The van der Waals surface area contributed by atoms with E-state index in [1.54, 1.807) is 4.90 Å². The summed E-state index contributed by atoms with van der Waals surface area (Å²) >= 11 is 1.45. The number of thiazole rings is 1. The Labute approximate surface area is 168 Å². The van der Waals surface area contributed by atoms with Crippen LogP contribution in [-0.2, 0) is 9.59 Å². The van der Waals surface area contributed by atoms with Crippen molar-refractivity contribution in [2.45, 2.75) is 20.3 Å². The van der Waals surface area contributed by atoms with Crippen LogP contribution in [0.2, 0.25) is 0 Å². The number of nitrogens with zero attached hydrogens (tertiary/aromatic N) is 2. The van der Waals surface area contributed by atoms with Crippen LogP contribution < -0.4 is 10.2 Å². The molecular weight excluding hydrogens is 370 g/mol. The molecule has 3 aromatic rings. The highest BCUT2D eigenvalue weighted by molar-refractivity contribution is 7.16. The van der Waals surface area contributed by atoms with Crippen LogP contribution in [0.15, 0.2) is 54.6 Å². The number of anilines is 2. The molecule has 2 aromatic carbocycles. The first kappa shape index (κ1) is 18.4. The third-order valence-electron chi connectivity index (χ3n) is 4.92. The fraction of sp³-hybridized carbons (Fsp3) is 0.227. The van der Waals surface area contributed by atoms with E-state index in [1.807, 2.05) is 68.4 Å². The molecule has 5 nitrogen and oxygen atoms in total. The number of aryl methyl sites for hydroxylation is 2. The Bertz CT molecular complexity index is 1010. The smallest absolute Gasteiger partial charge is 0.231 e. The Morgan fingerprint density at radius 1 is 1.11 bits per heavy atom. The Kier molecular flexibility index (Phi) is 4.96. The summed E-state index contributed by atoms with van der Waals surface area (Å²) in [6, 6.07) is 17.7. The standard InChI is InChI=1S/C22H21N3O2S/c1-14-8-10-18(11-9-14)25-13-17(12-19(25)26)21(27)24-22-23-20(15(2)28-22)16-6-4-3-5-7-16/h3-11,17H,12-13H2,1-2H3,(H,23,24,27)/t17-/m1/s1. The zero-order valence-electron chi connectivity index (χ0n) is 15.8. The van der Waals surface area contributed by atoms with Gasteiger partial charge in [-0.05, 0) is 26.0 Å². The van der Waals surface area contributed by atoms with Crippen LogP contribution in [0.25, 0.3) is 11.3 Å². The van der Waals surface area contributed by atoms with E-state index >= 15 is 0 Å². The second kappa shape index (κ2) is 7.56. The number of benzene rings is 2. The van der Waals surface area contributed by atoms with Gasteiger partial charge in [-0.25, -0.2) is 4.98 Å². The number of carbonyl (C=O) groups is 2. The van der Waals surface area contributed by atoms with Crippen LogP contribution in [0.4, 0.5) is 10.8 Å². The van der Waals surface area contributed by atoms with Gasteiger partial charge in [0.2, 0.25) is 11.8 Å². The Hall–Kier alpha value is -2.99. The molecule has 142 valence electrons. The maximum atomic E-state index is 12.7. The quantitative estimate of drug-likeness (QED) is 0.716. The highest BCUT2D eigenvalue weighted by atomic mass is 32.1. The molecule has 0 aliphatic carbocycles. The van der Waals surface area contributed by atoms with Crippen molar-refractivity contribution in [2.24, 2.45) is 5.92 Å². The van der Waals surface area contributed by atoms with Gasteiger partial charge in [0.15, 0.2) is 5.13 Å². The molecular formula is C22H21N3O2S. The molecule has 0 radical (unpaired) electrons. The maximum absolute atomic E-state index is 12.7. The third-order valence-corrected chi connectivity index (χ3v) is 5.80. The fourth-order valence-electron chi connectivity index (χ4n) is 3.38. The van der Waals surface area contributed by atoms with Crippen LogP contribution in [0.5, 0.6) is 0 Å². The van der Waals surface area contributed by atoms with Gasteiger partial charge in [0.05, 0.1) is 11.6 Å². The Morgan fingerprint density at radius 2 is 1.82 bits per heavy atom. The molecule has 0 spiro atoms. The molecule has 1 fully saturated rings. The number of hydrogen-bond acceptors (Lipinski definition) is 4. The van der Waals surface area contributed by atoms with E-state index in [2.05, 4.69) is 10.3 Å². The summed E-state index contributed by atoms with van der Waals surface area (Å²) in [6.07, 6.45) is 0.218. The molecule has 28 heavy (non-hydrogen) atoms. The summed E-state index contributed by atoms with van der Waals surface area (Å²) in [4.78, 5) is 32.4. The van der Waals surface area contributed by atoms with Crippen LogP contribution in [0.3, 0.4) is 0 Å². The van der Waals surface area contributed by atoms with Crippen molar-refractivity contribution in [1.29, 1.82) is 0 Å². The van der Waals surface area contributed by atoms with Gasteiger partial charge in [-0.15, -0.1) is 11.3 Å². The lowest BCUT2D eigenvalue weighted by atomic mass is 10.1. The van der Waals surface area contributed by atoms with Gasteiger partial charge in [0, 0.05) is 29.1 Å². The van der Waals surface area contributed by atoms with E-state index in [-0.39, 0.29) is 24.2 Å². The third kappa shape index (κ3) is 3.68. The maximum Gasteiger partial charge on any atom is 0.231 e. The summed E-state index contributed by atoms with van der Waals surface area (Å²) in [5.74, 6) is -0.557. The van der Waals surface area contributed by atoms with E-state index in [1.165, 1.54) is 11.3 Å². The molecule has 1 aliphatic heterocycles. The normalized spacial score (nSPS) is 16.4. The first-order valence-electron chi connectivity index (χ1n) is 9.22. The first-order chi connectivity index (χ1) is 13.5. The SMILES string of the molecule is Cc1ccc(N2C[C@H](C(=O)Nc3nc(-c4ccccc4)c(C)s3)CC2=O)cc1. The lowest BCUT2D eigenvalue weighted by Crippen LogP contribution is -2.28. The van der Waals surface area contributed by atoms with Gasteiger partial charge in [-0.2, -0.15) is 0 Å². The predicted octanol–water partition coefficient (Wildman–Crippen LogP) is 4.42. The van der Waals surface area contributed by atoms with Crippen molar-refractivity contribution in [2.75, 3.05) is 16.8 Å². The second-order valence-corrected chi connectivity index (χ2v) is 8.22. The Balaban J connectivity index is 1.46. The summed E-state index contributed by atoms with van der Waals surface area (Å²) in [7, 11) is 0. The fourth-order valence-corrected chi connectivity index (χ4v) is 4.22. The van der Waals surface area contributed by atoms with Crippen molar-refractivity contribution in [3.63, 3.8) is 0 Å². The molecule has 1 N–H and O–H groups in total. The topological polar surface area (TPSA) is 62.3 Å². The lowest BCUT2D eigenvalue weighted by molar-refractivity contribution is -0.122. The molecule has 2 amide bonds. The van der Waals surface area contributed by atoms with Crippen molar-refractivity contribution >= 4 is 34.0 Å². The van der Waals surface area contributed by atoms with Gasteiger partial charge < -0.3 is 10.2 Å². The summed E-state index contributed by atoms with van der Waals surface area (Å²) in [5.41, 5.74) is 3.88. The number of carbonyl (C=O) groups excluding carboxylic acids is 2. The molecule has 2 heterocycles. The van der Waals surface area contributed by atoms with Gasteiger partial charge in [0.25, 0.3) is 0 Å². The molecule has 0 bridgehead atoms. The Morgan fingerprint density at radius 3 is 2.54 bits per heavy atom. The zero-order valence-corrected chi connectivity index (χ0v) is 16.6. The highest BCUT2D eigenvalue weighted by Crippen LogP contribution is 2.31. The van der Waals surface area contributed by atoms with E-state index in [9.17, 15) is 9.59 Å². The molecule has 1 aliphatic rings. The van der Waals surface area contributed by atoms with Crippen LogP contribution in [0.1, 0.15) is 16.9 Å². The van der Waals surface area contributed by atoms with Crippen molar-refractivity contribution in [3.8, 4) is 11.3 Å².